The summed E-state index contributed by atoms with van der Waals surface area (Å²) >= 11 is 5.65. The fourth-order valence-electron chi connectivity index (χ4n) is 2.19. The van der Waals surface area contributed by atoms with Crippen molar-refractivity contribution in [1.29, 1.82) is 0 Å². The van der Waals surface area contributed by atoms with E-state index >= 15 is 0 Å². The minimum absolute atomic E-state index is 0.193. The second-order valence-electron chi connectivity index (χ2n) is 4.30. The molecule has 0 atom stereocenters. The first-order valence-corrected chi connectivity index (χ1v) is 5.82. The van der Waals surface area contributed by atoms with Gasteiger partial charge in [0.05, 0.1) is 10.6 Å². The fraction of sp³-hybridized carbons (Fsp3) is 0.545. The summed E-state index contributed by atoms with van der Waals surface area (Å²) in [6, 6.07) is 1.26. The molecule has 0 spiro atoms. The van der Waals surface area contributed by atoms with Gasteiger partial charge in [-0.3, -0.25) is 0 Å². The van der Waals surface area contributed by atoms with E-state index in [-0.39, 0.29) is 11.4 Å². The SMILES string of the molecule is NCC1(Nc2ncc(Cl)cc2F)CCCC1. The second-order valence-corrected chi connectivity index (χ2v) is 4.74. The van der Waals surface area contributed by atoms with E-state index in [2.05, 4.69) is 10.3 Å². The van der Waals surface area contributed by atoms with Crippen LogP contribution < -0.4 is 11.1 Å². The topological polar surface area (TPSA) is 50.9 Å². The van der Waals surface area contributed by atoms with Crippen LogP contribution in [-0.4, -0.2) is 17.1 Å². The Morgan fingerprint density at radius 3 is 2.75 bits per heavy atom. The summed E-state index contributed by atoms with van der Waals surface area (Å²) in [6.45, 7) is 0.497. The van der Waals surface area contributed by atoms with E-state index in [4.69, 9.17) is 17.3 Å². The Kier molecular flexibility index (Phi) is 3.30. The van der Waals surface area contributed by atoms with Crippen molar-refractivity contribution in [1.82, 2.24) is 4.98 Å². The van der Waals surface area contributed by atoms with E-state index in [1.807, 2.05) is 0 Å². The maximum Gasteiger partial charge on any atom is 0.166 e. The van der Waals surface area contributed by atoms with E-state index in [9.17, 15) is 4.39 Å². The largest absolute Gasteiger partial charge is 0.361 e. The third-order valence-electron chi connectivity index (χ3n) is 3.14. The second kappa shape index (κ2) is 4.55. The summed E-state index contributed by atoms with van der Waals surface area (Å²) in [4.78, 5) is 3.96. The molecule has 3 nitrogen and oxygen atoms in total. The lowest BCUT2D eigenvalue weighted by molar-refractivity contribution is 0.485. The lowest BCUT2D eigenvalue weighted by Crippen LogP contribution is -2.43. The van der Waals surface area contributed by atoms with Crippen LogP contribution in [0.25, 0.3) is 0 Å². The van der Waals surface area contributed by atoms with Gasteiger partial charge in [-0.25, -0.2) is 9.37 Å². The quantitative estimate of drug-likeness (QED) is 0.858. The van der Waals surface area contributed by atoms with E-state index in [0.717, 1.165) is 25.7 Å². The number of nitrogens with zero attached hydrogens (tertiary/aromatic N) is 1. The fourth-order valence-corrected chi connectivity index (χ4v) is 2.33. The molecule has 1 aliphatic carbocycles. The van der Waals surface area contributed by atoms with Crippen LogP contribution >= 0.6 is 11.6 Å². The number of hydrogen-bond donors (Lipinski definition) is 2. The van der Waals surface area contributed by atoms with E-state index in [1.54, 1.807) is 0 Å². The molecular formula is C11H15ClFN3. The van der Waals surface area contributed by atoms with Crippen LogP contribution in [-0.2, 0) is 0 Å². The number of nitrogens with one attached hydrogen (secondary N) is 1. The van der Waals surface area contributed by atoms with Crippen molar-refractivity contribution in [3.63, 3.8) is 0 Å². The highest BCUT2D eigenvalue weighted by Crippen LogP contribution is 2.32. The Balaban J connectivity index is 2.19. The first-order chi connectivity index (χ1) is 7.65. The van der Waals surface area contributed by atoms with Crippen molar-refractivity contribution in [2.75, 3.05) is 11.9 Å². The summed E-state index contributed by atoms with van der Waals surface area (Å²) in [5, 5.41) is 3.43. The molecule has 1 aliphatic rings. The average Bonchev–Trinajstić information content (AvgIpc) is 2.72. The van der Waals surface area contributed by atoms with Gasteiger partial charge >= 0.3 is 0 Å². The molecule has 1 aromatic rings. The summed E-state index contributed by atoms with van der Waals surface area (Å²) in [6.07, 6.45) is 5.62. The number of anilines is 1. The summed E-state index contributed by atoms with van der Waals surface area (Å²) in [5.74, 6) is -0.177. The third-order valence-corrected chi connectivity index (χ3v) is 3.35. The Morgan fingerprint density at radius 2 is 2.19 bits per heavy atom. The molecule has 1 fully saturated rings. The number of aromatic nitrogens is 1. The van der Waals surface area contributed by atoms with Gasteiger partial charge in [0.25, 0.3) is 0 Å². The molecule has 0 aromatic carbocycles. The molecule has 3 N–H and O–H groups in total. The Bertz CT molecular complexity index is 377. The van der Waals surface area contributed by atoms with Gasteiger partial charge in [-0.15, -0.1) is 0 Å². The van der Waals surface area contributed by atoms with Crippen molar-refractivity contribution in [3.05, 3.63) is 23.1 Å². The first kappa shape index (κ1) is 11.6. The highest BCUT2D eigenvalue weighted by atomic mass is 35.5. The molecule has 0 unspecified atom stereocenters. The lowest BCUT2D eigenvalue weighted by atomic mass is 9.98. The lowest BCUT2D eigenvalue weighted by Gasteiger charge is -2.29. The summed E-state index contributed by atoms with van der Waals surface area (Å²) < 4.78 is 13.6. The number of rotatable bonds is 3. The normalized spacial score (nSPS) is 18.7. The predicted molar refractivity (Wildman–Crippen MR) is 63.1 cm³/mol. The molecule has 16 heavy (non-hydrogen) atoms. The third kappa shape index (κ3) is 2.28. The van der Waals surface area contributed by atoms with Gasteiger partial charge in [-0.2, -0.15) is 0 Å². The van der Waals surface area contributed by atoms with Gasteiger partial charge in [-0.05, 0) is 18.9 Å². The maximum absolute atomic E-state index is 13.6. The Hall–Kier alpha value is -0.870. The molecule has 1 heterocycles. The summed E-state index contributed by atoms with van der Waals surface area (Å²) in [7, 11) is 0. The maximum atomic E-state index is 13.6. The van der Waals surface area contributed by atoms with Crippen LogP contribution in [0.2, 0.25) is 5.02 Å². The van der Waals surface area contributed by atoms with Crippen LogP contribution in [0.4, 0.5) is 10.2 Å². The number of nitrogens with two attached hydrogens (primary N) is 1. The smallest absolute Gasteiger partial charge is 0.166 e. The number of halogens is 2. The van der Waals surface area contributed by atoms with Gasteiger partial charge in [0.2, 0.25) is 0 Å². The summed E-state index contributed by atoms with van der Waals surface area (Å²) in [5.41, 5.74) is 5.57. The Morgan fingerprint density at radius 1 is 1.50 bits per heavy atom. The molecule has 0 saturated heterocycles. The molecule has 1 saturated carbocycles. The number of hydrogen-bond acceptors (Lipinski definition) is 3. The molecule has 5 heteroatoms. The van der Waals surface area contributed by atoms with E-state index < -0.39 is 5.82 Å². The number of pyridine rings is 1. The van der Waals surface area contributed by atoms with Gasteiger partial charge in [0.15, 0.2) is 11.6 Å². The van der Waals surface area contributed by atoms with Crippen molar-refractivity contribution < 1.29 is 4.39 Å². The molecule has 2 rings (SSSR count). The predicted octanol–water partition coefficient (Wildman–Crippen LogP) is 2.56. The average molecular weight is 244 g/mol. The monoisotopic (exact) mass is 243 g/mol. The van der Waals surface area contributed by atoms with Crippen LogP contribution in [0, 0.1) is 5.82 Å². The van der Waals surface area contributed by atoms with Gasteiger partial charge in [0, 0.05) is 12.7 Å². The van der Waals surface area contributed by atoms with Crippen molar-refractivity contribution >= 4 is 17.4 Å². The molecule has 0 aliphatic heterocycles. The van der Waals surface area contributed by atoms with Crippen LogP contribution in [0.5, 0.6) is 0 Å². The molecule has 1 aromatic heterocycles. The highest BCUT2D eigenvalue weighted by Gasteiger charge is 2.33. The molecule has 0 radical (unpaired) electrons. The molecule has 0 bridgehead atoms. The Labute approximate surface area is 99.2 Å². The first-order valence-electron chi connectivity index (χ1n) is 5.44. The van der Waals surface area contributed by atoms with E-state index in [0.29, 0.717) is 11.6 Å². The molecular weight excluding hydrogens is 229 g/mol. The van der Waals surface area contributed by atoms with Crippen molar-refractivity contribution in [3.8, 4) is 0 Å². The van der Waals surface area contributed by atoms with Crippen molar-refractivity contribution in [2.24, 2.45) is 5.73 Å². The minimum Gasteiger partial charge on any atom is -0.361 e. The van der Waals surface area contributed by atoms with E-state index in [1.165, 1.54) is 12.3 Å². The molecule has 0 amide bonds. The zero-order valence-electron chi connectivity index (χ0n) is 8.97. The highest BCUT2D eigenvalue weighted by molar-refractivity contribution is 6.30. The van der Waals surface area contributed by atoms with Crippen LogP contribution in [0.3, 0.4) is 0 Å². The zero-order valence-corrected chi connectivity index (χ0v) is 9.73. The van der Waals surface area contributed by atoms with Crippen molar-refractivity contribution in [2.45, 2.75) is 31.2 Å². The standard InChI is InChI=1S/C11H15ClFN3/c12-8-5-9(13)10(15-6-8)16-11(7-14)3-1-2-4-11/h5-6H,1-4,7,14H2,(H,15,16). The van der Waals surface area contributed by atoms with Gasteiger partial charge < -0.3 is 11.1 Å². The zero-order chi connectivity index (χ0) is 11.6. The van der Waals surface area contributed by atoms with Crippen LogP contribution in [0.1, 0.15) is 25.7 Å². The van der Waals surface area contributed by atoms with Gasteiger partial charge in [-0.1, -0.05) is 24.4 Å². The van der Waals surface area contributed by atoms with Gasteiger partial charge in [0.1, 0.15) is 0 Å². The molecule has 88 valence electrons. The minimum atomic E-state index is -0.424. The van der Waals surface area contributed by atoms with Crippen LogP contribution in [0.15, 0.2) is 12.3 Å².